The van der Waals surface area contributed by atoms with E-state index in [1.807, 2.05) is 6.92 Å². The van der Waals surface area contributed by atoms with Crippen LogP contribution in [0, 0.1) is 11.6 Å². The van der Waals surface area contributed by atoms with Gasteiger partial charge in [-0.15, -0.1) is 0 Å². The van der Waals surface area contributed by atoms with E-state index in [9.17, 15) is 23.2 Å². The maximum absolute atomic E-state index is 13.6. The number of halogens is 2. The minimum absolute atomic E-state index is 0.0290. The lowest BCUT2D eigenvalue weighted by atomic mass is 10.1. The molecule has 8 heteroatoms. The minimum atomic E-state index is -0.954. The minimum Gasteiger partial charge on any atom is -0.351 e. The monoisotopic (exact) mass is 417 g/mol. The highest BCUT2D eigenvalue weighted by Crippen LogP contribution is 2.11. The Balaban J connectivity index is 1.88. The van der Waals surface area contributed by atoms with Crippen LogP contribution in [0.4, 0.5) is 8.78 Å². The van der Waals surface area contributed by atoms with Crippen LogP contribution in [0.25, 0.3) is 0 Å². The van der Waals surface area contributed by atoms with Crippen LogP contribution in [0.5, 0.6) is 0 Å². The van der Waals surface area contributed by atoms with Gasteiger partial charge in [-0.25, -0.2) is 8.78 Å². The summed E-state index contributed by atoms with van der Waals surface area (Å²) in [5.74, 6) is -2.70. The molecule has 0 radical (unpaired) electrons. The molecule has 0 aliphatic heterocycles. The van der Waals surface area contributed by atoms with Crippen LogP contribution < -0.4 is 5.32 Å². The second-order valence-electron chi connectivity index (χ2n) is 6.93. The van der Waals surface area contributed by atoms with Crippen LogP contribution in [0.1, 0.15) is 39.6 Å². The lowest BCUT2D eigenvalue weighted by molar-refractivity contribution is -0.131. The van der Waals surface area contributed by atoms with Crippen molar-refractivity contribution in [1.82, 2.24) is 15.1 Å². The molecule has 0 spiro atoms. The molecule has 0 aromatic heterocycles. The van der Waals surface area contributed by atoms with Crippen LogP contribution in [0.15, 0.2) is 42.5 Å². The van der Waals surface area contributed by atoms with E-state index < -0.39 is 17.5 Å². The fourth-order valence-electron chi connectivity index (χ4n) is 2.82. The zero-order valence-corrected chi connectivity index (χ0v) is 17.2. The Kier molecular flexibility index (Phi) is 8.03. The first-order valence-corrected chi connectivity index (χ1v) is 9.54. The molecule has 0 saturated carbocycles. The Hall–Kier alpha value is -3.29. The van der Waals surface area contributed by atoms with Crippen molar-refractivity contribution in [3.63, 3.8) is 0 Å². The number of benzene rings is 2. The zero-order chi connectivity index (χ0) is 22.3. The van der Waals surface area contributed by atoms with Gasteiger partial charge in [-0.2, -0.15) is 0 Å². The van der Waals surface area contributed by atoms with E-state index in [0.717, 1.165) is 17.7 Å². The summed E-state index contributed by atoms with van der Waals surface area (Å²) < 4.78 is 26.6. The summed E-state index contributed by atoms with van der Waals surface area (Å²) in [4.78, 5) is 39.5. The molecule has 6 nitrogen and oxygen atoms in total. The molecule has 0 fully saturated rings. The molecular weight excluding hydrogens is 392 g/mol. The van der Waals surface area contributed by atoms with Crippen molar-refractivity contribution in [3.05, 3.63) is 70.8 Å². The van der Waals surface area contributed by atoms with E-state index in [2.05, 4.69) is 5.32 Å². The van der Waals surface area contributed by atoms with E-state index >= 15 is 0 Å². The van der Waals surface area contributed by atoms with Gasteiger partial charge in [-0.3, -0.25) is 14.4 Å². The average molecular weight is 417 g/mol. The number of hydrogen-bond donors (Lipinski definition) is 1. The molecule has 2 aromatic carbocycles. The molecule has 0 atom stereocenters. The number of nitrogens with zero attached hydrogens (tertiary/aromatic N) is 2. The third kappa shape index (κ3) is 6.10. The normalized spacial score (nSPS) is 10.4. The smallest absolute Gasteiger partial charge is 0.254 e. The highest BCUT2D eigenvalue weighted by atomic mass is 19.1. The van der Waals surface area contributed by atoms with Crippen LogP contribution >= 0.6 is 0 Å². The molecule has 0 unspecified atom stereocenters. The van der Waals surface area contributed by atoms with E-state index in [1.54, 1.807) is 43.3 Å². The lowest BCUT2D eigenvalue weighted by Crippen LogP contribution is -2.34. The molecule has 0 aliphatic rings. The topological polar surface area (TPSA) is 69.7 Å². The first-order chi connectivity index (χ1) is 14.2. The van der Waals surface area contributed by atoms with Crippen LogP contribution in [0.3, 0.4) is 0 Å². The number of hydrogen-bond acceptors (Lipinski definition) is 3. The van der Waals surface area contributed by atoms with Crippen molar-refractivity contribution in [3.8, 4) is 0 Å². The summed E-state index contributed by atoms with van der Waals surface area (Å²) in [5.41, 5.74) is 1.16. The summed E-state index contributed by atoms with van der Waals surface area (Å²) in [6.07, 6.45) is 0.0413. The Morgan fingerprint density at radius 1 is 1.00 bits per heavy atom. The van der Waals surface area contributed by atoms with Crippen LogP contribution in [0.2, 0.25) is 0 Å². The molecule has 1 N–H and O–H groups in total. The SMILES string of the molecule is CCN(Cc1ccc(C(=O)N(C)C)cc1)C(=O)CCNC(=O)c1ccc(F)cc1F. The van der Waals surface area contributed by atoms with Gasteiger partial charge in [0, 0.05) is 51.8 Å². The Labute approximate surface area is 174 Å². The molecule has 30 heavy (non-hydrogen) atoms. The van der Waals surface area contributed by atoms with E-state index in [0.29, 0.717) is 24.7 Å². The molecule has 2 rings (SSSR count). The Morgan fingerprint density at radius 2 is 1.67 bits per heavy atom. The van der Waals surface area contributed by atoms with Gasteiger partial charge in [0.1, 0.15) is 11.6 Å². The van der Waals surface area contributed by atoms with Crippen molar-refractivity contribution in [1.29, 1.82) is 0 Å². The third-order valence-corrected chi connectivity index (χ3v) is 4.52. The molecule has 0 saturated heterocycles. The standard InChI is InChI=1S/C22H25F2N3O3/c1-4-27(14-15-5-7-16(8-6-15)22(30)26(2)3)20(28)11-12-25-21(29)18-10-9-17(23)13-19(18)24/h5-10,13H,4,11-12,14H2,1-3H3,(H,25,29). The molecule has 0 aliphatic carbocycles. The maximum atomic E-state index is 13.6. The number of rotatable bonds is 8. The Bertz CT molecular complexity index is 914. The van der Waals surface area contributed by atoms with Crippen molar-refractivity contribution < 1.29 is 23.2 Å². The van der Waals surface area contributed by atoms with Gasteiger partial charge >= 0.3 is 0 Å². The van der Waals surface area contributed by atoms with Gasteiger partial charge < -0.3 is 15.1 Å². The predicted molar refractivity (Wildman–Crippen MR) is 109 cm³/mol. The molecule has 0 heterocycles. The lowest BCUT2D eigenvalue weighted by Gasteiger charge is -2.21. The highest BCUT2D eigenvalue weighted by molar-refractivity contribution is 5.95. The van der Waals surface area contributed by atoms with E-state index in [1.165, 1.54) is 4.90 Å². The molecule has 2 aromatic rings. The Morgan fingerprint density at radius 3 is 2.23 bits per heavy atom. The number of carbonyl (C=O) groups excluding carboxylic acids is 3. The molecule has 3 amide bonds. The number of nitrogens with one attached hydrogen (secondary N) is 1. The van der Waals surface area contributed by atoms with Crippen LogP contribution in [-0.2, 0) is 11.3 Å². The molecular formula is C22H25F2N3O3. The summed E-state index contributed by atoms with van der Waals surface area (Å²) in [6.45, 7) is 2.71. The summed E-state index contributed by atoms with van der Waals surface area (Å²) >= 11 is 0. The van der Waals surface area contributed by atoms with Gasteiger partial charge in [-0.05, 0) is 36.8 Å². The summed E-state index contributed by atoms with van der Waals surface area (Å²) in [6, 6.07) is 9.72. The molecule has 160 valence electrons. The van der Waals surface area contributed by atoms with Crippen molar-refractivity contribution in [2.24, 2.45) is 0 Å². The van der Waals surface area contributed by atoms with Crippen molar-refractivity contribution in [2.45, 2.75) is 19.9 Å². The summed E-state index contributed by atoms with van der Waals surface area (Å²) in [5, 5.41) is 2.47. The van der Waals surface area contributed by atoms with E-state index in [4.69, 9.17) is 0 Å². The predicted octanol–water partition coefficient (Wildman–Crippen LogP) is 2.84. The van der Waals surface area contributed by atoms with Crippen LogP contribution in [-0.4, -0.2) is 54.7 Å². The first kappa shape index (κ1) is 23.0. The van der Waals surface area contributed by atoms with Gasteiger partial charge in [0.15, 0.2) is 0 Å². The zero-order valence-electron chi connectivity index (χ0n) is 17.2. The first-order valence-electron chi connectivity index (χ1n) is 9.54. The average Bonchev–Trinajstić information content (AvgIpc) is 2.71. The third-order valence-electron chi connectivity index (χ3n) is 4.52. The highest BCUT2D eigenvalue weighted by Gasteiger charge is 2.16. The quantitative estimate of drug-likeness (QED) is 0.718. The van der Waals surface area contributed by atoms with Crippen molar-refractivity contribution >= 4 is 17.7 Å². The fraction of sp³-hybridized carbons (Fsp3) is 0.318. The second kappa shape index (κ2) is 10.5. The summed E-state index contributed by atoms with van der Waals surface area (Å²) in [7, 11) is 3.36. The van der Waals surface area contributed by atoms with Gasteiger partial charge in [0.25, 0.3) is 11.8 Å². The molecule has 0 bridgehead atoms. The largest absolute Gasteiger partial charge is 0.351 e. The van der Waals surface area contributed by atoms with Gasteiger partial charge in [-0.1, -0.05) is 12.1 Å². The van der Waals surface area contributed by atoms with E-state index in [-0.39, 0.29) is 30.3 Å². The van der Waals surface area contributed by atoms with Crippen molar-refractivity contribution in [2.75, 3.05) is 27.2 Å². The van der Waals surface area contributed by atoms with Gasteiger partial charge in [0.05, 0.1) is 5.56 Å². The number of amides is 3. The maximum Gasteiger partial charge on any atom is 0.254 e. The fourth-order valence-corrected chi connectivity index (χ4v) is 2.82. The van der Waals surface area contributed by atoms with Gasteiger partial charge in [0.2, 0.25) is 5.91 Å². The second-order valence-corrected chi connectivity index (χ2v) is 6.93. The number of carbonyl (C=O) groups is 3.